The molecule has 1 aliphatic rings. The van der Waals surface area contributed by atoms with Gasteiger partial charge in [-0.05, 0) is 32.3 Å². The van der Waals surface area contributed by atoms with Gasteiger partial charge in [0.15, 0.2) is 0 Å². The van der Waals surface area contributed by atoms with Gasteiger partial charge in [0.2, 0.25) is 5.91 Å². The molecule has 23 heavy (non-hydrogen) atoms. The maximum atomic E-state index is 12.8. The minimum Gasteiger partial charge on any atom is -0.466 e. The second-order valence-corrected chi connectivity index (χ2v) is 5.85. The lowest BCUT2D eigenvalue weighted by Crippen LogP contribution is -2.35. The lowest BCUT2D eigenvalue weighted by atomic mass is 9.88. The molecular weight excluding hydrogens is 297 g/mol. The Hall–Kier alpha value is -1.91. The molecule has 0 saturated carbocycles. The summed E-state index contributed by atoms with van der Waals surface area (Å²) in [5.74, 6) is -1.69. The molecule has 3 atom stereocenters. The van der Waals surface area contributed by atoms with E-state index in [1.54, 1.807) is 11.8 Å². The van der Waals surface area contributed by atoms with Gasteiger partial charge < -0.3 is 9.64 Å². The number of alkyl halides is 1. The van der Waals surface area contributed by atoms with E-state index in [1.165, 1.54) is 0 Å². The average molecular weight is 321 g/mol. The quantitative estimate of drug-likeness (QED) is 0.725. The molecule has 126 valence electrons. The molecule has 0 bridgehead atoms. The average Bonchev–Trinajstić information content (AvgIpc) is 2.94. The molecule has 1 heterocycles. The Bertz CT molecular complexity index is 534. The third-order valence-corrected chi connectivity index (χ3v) is 4.53. The van der Waals surface area contributed by atoms with Crippen molar-refractivity contribution >= 4 is 11.9 Å². The minimum atomic E-state index is -0.680. The number of hydrogen-bond acceptors (Lipinski definition) is 3. The number of esters is 1. The van der Waals surface area contributed by atoms with Gasteiger partial charge in [-0.1, -0.05) is 30.3 Å². The molecule has 0 radical (unpaired) electrons. The highest BCUT2D eigenvalue weighted by atomic mass is 19.1. The van der Waals surface area contributed by atoms with Crippen LogP contribution in [-0.4, -0.2) is 36.6 Å². The fraction of sp³-hybridized carbons (Fsp3) is 0.556. The number of rotatable bonds is 7. The van der Waals surface area contributed by atoms with E-state index < -0.39 is 24.5 Å². The van der Waals surface area contributed by atoms with Crippen LogP contribution in [0.25, 0.3) is 0 Å². The molecule has 1 aliphatic heterocycles. The number of likely N-dealkylation sites (tertiary alicyclic amines) is 1. The van der Waals surface area contributed by atoms with Crippen molar-refractivity contribution in [1.82, 2.24) is 4.90 Å². The third kappa shape index (κ3) is 3.89. The number of amides is 1. The van der Waals surface area contributed by atoms with Crippen molar-refractivity contribution < 1.29 is 18.7 Å². The van der Waals surface area contributed by atoms with E-state index >= 15 is 0 Å². The van der Waals surface area contributed by atoms with Crippen LogP contribution in [0.15, 0.2) is 30.3 Å². The zero-order chi connectivity index (χ0) is 16.8. The van der Waals surface area contributed by atoms with Crippen LogP contribution in [0.3, 0.4) is 0 Å². The van der Waals surface area contributed by atoms with Crippen molar-refractivity contribution in [3.05, 3.63) is 35.9 Å². The predicted molar refractivity (Wildman–Crippen MR) is 85.4 cm³/mol. The first-order valence-corrected chi connectivity index (χ1v) is 8.18. The molecule has 0 aliphatic carbocycles. The Morgan fingerprint density at radius 3 is 2.70 bits per heavy atom. The highest BCUT2D eigenvalue weighted by molar-refractivity contribution is 5.87. The summed E-state index contributed by atoms with van der Waals surface area (Å²) in [4.78, 5) is 26.6. The van der Waals surface area contributed by atoms with E-state index in [4.69, 9.17) is 4.74 Å². The fourth-order valence-electron chi connectivity index (χ4n) is 3.24. The Morgan fingerprint density at radius 1 is 1.39 bits per heavy atom. The molecule has 4 nitrogen and oxygen atoms in total. The normalized spacial score (nSPS) is 20.4. The summed E-state index contributed by atoms with van der Waals surface area (Å²) in [5, 5.41) is 0. The molecule has 0 spiro atoms. The zero-order valence-electron chi connectivity index (χ0n) is 13.7. The number of nitrogens with zero attached hydrogens (tertiary/aromatic N) is 1. The summed E-state index contributed by atoms with van der Waals surface area (Å²) in [5.41, 5.74) is 1.06. The van der Waals surface area contributed by atoms with Crippen LogP contribution in [0.1, 0.15) is 38.3 Å². The van der Waals surface area contributed by atoms with E-state index in [0.29, 0.717) is 13.0 Å². The summed E-state index contributed by atoms with van der Waals surface area (Å²) in [6.07, 6.45) is 0.613. The van der Waals surface area contributed by atoms with Crippen LogP contribution >= 0.6 is 0 Å². The number of carbonyl (C=O) groups excluding carboxylic acids is 2. The van der Waals surface area contributed by atoms with Crippen molar-refractivity contribution in [3.8, 4) is 0 Å². The summed E-state index contributed by atoms with van der Waals surface area (Å²) in [6, 6.07) is 9.72. The fourth-order valence-corrected chi connectivity index (χ4v) is 3.24. The Morgan fingerprint density at radius 2 is 2.09 bits per heavy atom. The van der Waals surface area contributed by atoms with Crippen LogP contribution in [0, 0.1) is 11.8 Å². The van der Waals surface area contributed by atoms with Gasteiger partial charge in [0, 0.05) is 6.54 Å². The summed E-state index contributed by atoms with van der Waals surface area (Å²) >= 11 is 0. The van der Waals surface area contributed by atoms with Gasteiger partial charge in [0.05, 0.1) is 31.2 Å². The van der Waals surface area contributed by atoms with Crippen molar-refractivity contribution in [3.63, 3.8) is 0 Å². The van der Waals surface area contributed by atoms with Crippen LogP contribution in [0.2, 0.25) is 0 Å². The number of benzene rings is 1. The van der Waals surface area contributed by atoms with Gasteiger partial charge in [0.25, 0.3) is 0 Å². The van der Waals surface area contributed by atoms with Crippen molar-refractivity contribution in [2.24, 2.45) is 11.8 Å². The predicted octanol–water partition coefficient (Wildman–Crippen LogP) is 3.14. The summed E-state index contributed by atoms with van der Waals surface area (Å²) in [7, 11) is 0. The van der Waals surface area contributed by atoms with Crippen molar-refractivity contribution in [2.75, 3.05) is 19.8 Å². The van der Waals surface area contributed by atoms with E-state index in [1.807, 2.05) is 37.3 Å². The second-order valence-electron chi connectivity index (χ2n) is 5.85. The van der Waals surface area contributed by atoms with Crippen LogP contribution in [0.4, 0.5) is 4.39 Å². The molecule has 1 aromatic carbocycles. The molecule has 2 rings (SSSR count). The molecule has 0 aromatic heterocycles. The van der Waals surface area contributed by atoms with E-state index in [2.05, 4.69) is 0 Å². The minimum absolute atomic E-state index is 0.0444. The maximum absolute atomic E-state index is 12.8. The molecule has 1 aromatic rings. The number of carbonyl (C=O) groups is 2. The van der Waals surface area contributed by atoms with Crippen LogP contribution < -0.4 is 0 Å². The zero-order valence-corrected chi connectivity index (χ0v) is 13.7. The molecule has 0 unspecified atom stereocenters. The van der Waals surface area contributed by atoms with Gasteiger partial charge in [-0.3, -0.25) is 14.0 Å². The molecular formula is C18H24FNO3. The molecule has 1 saturated heterocycles. The smallest absolute Gasteiger partial charge is 0.309 e. The lowest BCUT2D eigenvalue weighted by Gasteiger charge is -2.26. The van der Waals surface area contributed by atoms with Crippen molar-refractivity contribution in [2.45, 2.75) is 32.7 Å². The SMILES string of the molecule is CCOC(=O)[C@@H](CCF)[C@@H]1CCN([C@H](C)c2ccccc2)C1=O. The van der Waals surface area contributed by atoms with E-state index in [0.717, 1.165) is 5.56 Å². The molecule has 0 N–H and O–H groups in total. The number of ether oxygens (including phenoxy) is 1. The highest BCUT2D eigenvalue weighted by Gasteiger charge is 2.42. The molecule has 1 fully saturated rings. The van der Waals surface area contributed by atoms with Gasteiger partial charge in [-0.25, -0.2) is 0 Å². The first-order chi connectivity index (χ1) is 11.1. The van der Waals surface area contributed by atoms with E-state index in [9.17, 15) is 14.0 Å². The van der Waals surface area contributed by atoms with E-state index in [-0.39, 0.29) is 25.0 Å². The van der Waals surface area contributed by atoms with Gasteiger partial charge in [-0.2, -0.15) is 0 Å². The van der Waals surface area contributed by atoms with Gasteiger partial charge >= 0.3 is 5.97 Å². The Labute approximate surface area is 136 Å². The summed E-state index contributed by atoms with van der Waals surface area (Å²) in [6.45, 7) is 3.89. The van der Waals surface area contributed by atoms with Crippen LogP contribution in [-0.2, 0) is 14.3 Å². The lowest BCUT2D eigenvalue weighted by molar-refractivity contribution is -0.153. The Balaban J connectivity index is 2.11. The summed E-state index contributed by atoms with van der Waals surface area (Å²) < 4.78 is 17.8. The van der Waals surface area contributed by atoms with Gasteiger partial charge in [0.1, 0.15) is 0 Å². The standard InChI is InChI=1S/C18H24FNO3/c1-3-23-18(22)16(9-11-19)15-10-12-20(17(15)21)13(2)14-7-5-4-6-8-14/h4-8,13,15-16H,3,9-12H2,1-2H3/t13-,15+,16+/m1/s1. The second kappa shape index (κ2) is 8.09. The molecule has 1 amide bonds. The first kappa shape index (κ1) is 17.4. The number of hydrogen-bond donors (Lipinski definition) is 0. The Kier molecular flexibility index (Phi) is 6.13. The van der Waals surface area contributed by atoms with Crippen LogP contribution in [0.5, 0.6) is 0 Å². The maximum Gasteiger partial charge on any atom is 0.309 e. The molecule has 5 heteroatoms. The number of halogens is 1. The monoisotopic (exact) mass is 321 g/mol. The third-order valence-electron chi connectivity index (χ3n) is 4.53. The first-order valence-electron chi connectivity index (χ1n) is 8.18. The van der Waals surface area contributed by atoms with Gasteiger partial charge in [-0.15, -0.1) is 0 Å². The topological polar surface area (TPSA) is 46.6 Å². The largest absolute Gasteiger partial charge is 0.466 e. The highest BCUT2D eigenvalue weighted by Crippen LogP contribution is 2.34. The van der Waals surface area contributed by atoms with Crippen molar-refractivity contribution in [1.29, 1.82) is 0 Å².